The lowest BCUT2D eigenvalue weighted by Crippen LogP contribution is -2.15. The van der Waals surface area contributed by atoms with Gasteiger partial charge >= 0.3 is 0 Å². The van der Waals surface area contributed by atoms with Crippen LogP contribution in [0.1, 0.15) is 49.9 Å². The Hall–Kier alpha value is -1.13. The minimum Gasteiger partial charge on any atom is -0.313 e. The van der Waals surface area contributed by atoms with Crippen LogP contribution in [-0.4, -0.2) is 16.3 Å². The number of nitrogens with one attached hydrogen (secondary N) is 1. The van der Waals surface area contributed by atoms with Crippen LogP contribution in [0.25, 0.3) is 5.69 Å². The molecule has 3 nitrogen and oxygen atoms in total. The summed E-state index contributed by atoms with van der Waals surface area (Å²) in [5.41, 5.74) is 4.97. The van der Waals surface area contributed by atoms with Crippen molar-refractivity contribution in [3.8, 4) is 5.69 Å². The zero-order chi connectivity index (χ0) is 15.4. The van der Waals surface area contributed by atoms with Crippen LogP contribution >= 0.6 is 15.9 Å². The van der Waals surface area contributed by atoms with Gasteiger partial charge in [-0.05, 0) is 49.6 Å². The van der Waals surface area contributed by atoms with Gasteiger partial charge in [0, 0.05) is 16.6 Å². The molecule has 1 N–H and O–H groups in total. The molecule has 2 aromatic rings. The van der Waals surface area contributed by atoms with E-state index in [1.54, 1.807) is 0 Å². The molecule has 1 aromatic heterocycles. The van der Waals surface area contributed by atoms with E-state index in [2.05, 4.69) is 76.9 Å². The van der Waals surface area contributed by atoms with Gasteiger partial charge in [0.25, 0.3) is 0 Å². The molecular formula is C17H24BrN3. The van der Waals surface area contributed by atoms with E-state index in [4.69, 9.17) is 0 Å². The van der Waals surface area contributed by atoms with Crippen LogP contribution < -0.4 is 5.32 Å². The van der Waals surface area contributed by atoms with E-state index in [0.717, 1.165) is 29.7 Å². The number of hydrogen-bond donors (Lipinski definition) is 1. The molecule has 21 heavy (non-hydrogen) atoms. The molecule has 0 unspecified atom stereocenters. The number of hydrogen-bond acceptors (Lipinski definition) is 2. The zero-order valence-electron chi connectivity index (χ0n) is 13.3. The van der Waals surface area contributed by atoms with Gasteiger partial charge in [0.2, 0.25) is 0 Å². The van der Waals surface area contributed by atoms with Gasteiger partial charge in [-0.2, -0.15) is 5.10 Å². The number of aromatic nitrogens is 2. The lowest BCUT2D eigenvalue weighted by Gasteiger charge is -2.15. The van der Waals surface area contributed by atoms with E-state index in [1.165, 1.54) is 16.8 Å². The third kappa shape index (κ3) is 3.74. The molecule has 0 saturated carbocycles. The van der Waals surface area contributed by atoms with Gasteiger partial charge in [0.15, 0.2) is 0 Å². The maximum absolute atomic E-state index is 4.64. The summed E-state index contributed by atoms with van der Waals surface area (Å²) in [5.74, 6) is 0.439. The summed E-state index contributed by atoms with van der Waals surface area (Å²) >= 11 is 3.52. The first-order chi connectivity index (χ1) is 10.0. The van der Waals surface area contributed by atoms with Crippen molar-refractivity contribution in [2.75, 3.05) is 6.54 Å². The Morgan fingerprint density at radius 1 is 1.33 bits per heavy atom. The van der Waals surface area contributed by atoms with E-state index >= 15 is 0 Å². The number of benzene rings is 1. The molecule has 0 aliphatic heterocycles. The first-order valence-electron chi connectivity index (χ1n) is 7.58. The summed E-state index contributed by atoms with van der Waals surface area (Å²) in [4.78, 5) is 0. The highest BCUT2D eigenvalue weighted by Gasteiger charge is 2.16. The molecule has 114 valence electrons. The van der Waals surface area contributed by atoms with Crippen LogP contribution in [0, 0.1) is 6.92 Å². The van der Waals surface area contributed by atoms with Crippen LogP contribution in [0.2, 0.25) is 0 Å². The zero-order valence-corrected chi connectivity index (χ0v) is 14.9. The van der Waals surface area contributed by atoms with Crippen LogP contribution in [-0.2, 0) is 6.54 Å². The lowest BCUT2D eigenvalue weighted by molar-refractivity contribution is 0.658. The van der Waals surface area contributed by atoms with Gasteiger partial charge in [-0.15, -0.1) is 0 Å². The Balaban J connectivity index is 2.39. The summed E-state index contributed by atoms with van der Waals surface area (Å²) < 4.78 is 3.20. The quantitative estimate of drug-likeness (QED) is 0.774. The average molecular weight is 350 g/mol. The van der Waals surface area contributed by atoms with E-state index in [9.17, 15) is 0 Å². The highest BCUT2D eigenvalue weighted by Crippen LogP contribution is 2.26. The Morgan fingerprint density at radius 2 is 2.10 bits per heavy atom. The fourth-order valence-corrected chi connectivity index (χ4v) is 3.07. The van der Waals surface area contributed by atoms with Gasteiger partial charge in [-0.3, -0.25) is 0 Å². The third-order valence-electron chi connectivity index (χ3n) is 3.56. The Kier molecular flexibility index (Phi) is 5.59. The van der Waals surface area contributed by atoms with E-state index in [0.29, 0.717) is 5.92 Å². The first-order valence-corrected chi connectivity index (χ1v) is 8.38. The topological polar surface area (TPSA) is 29.9 Å². The minimum absolute atomic E-state index is 0.439. The molecule has 0 aliphatic rings. The van der Waals surface area contributed by atoms with Crippen molar-refractivity contribution in [2.24, 2.45) is 0 Å². The molecule has 0 bridgehead atoms. The monoisotopic (exact) mass is 349 g/mol. The second-order valence-electron chi connectivity index (χ2n) is 5.73. The van der Waals surface area contributed by atoms with E-state index in [1.807, 2.05) is 6.20 Å². The molecule has 1 aromatic carbocycles. The highest BCUT2D eigenvalue weighted by atomic mass is 79.9. The standard InChI is InChI=1S/C17H24BrN3/c1-5-8-19-10-14-11-20-21(17(14)12(2)3)16-7-6-15(18)9-13(16)4/h6-7,9,11-12,19H,5,8,10H2,1-4H3. The van der Waals surface area contributed by atoms with Crippen molar-refractivity contribution in [1.29, 1.82) is 0 Å². The molecule has 0 fully saturated rings. The van der Waals surface area contributed by atoms with Crippen molar-refractivity contribution in [1.82, 2.24) is 15.1 Å². The number of rotatable bonds is 6. The molecule has 0 amide bonds. The fourth-order valence-electron chi connectivity index (χ4n) is 2.59. The van der Waals surface area contributed by atoms with Crippen molar-refractivity contribution in [3.63, 3.8) is 0 Å². The molecular weight excluding hydrogens is 326 g/mol. The second kappa shape index (κ2) is 7.23. The summed E-state index contributed by atoms with van der Waals surface area (Å²) in [6.07, 6.45) is 3.15. The van der Waals surface area contributed by atoms with Gasteiger partial charge < -0.3 is 5.32 Å². The lowest BCUT2D eigenvalue weighted by atomic mass is 10.0. The van der Waals surface area contributed by atoms with Crippen LogP contribution in [0.5, 0.6) is 0 Å². The molecule has 4 heteroatoms. The Bertz CT molecular complexity index is 602. The fraction of sp³-hybridized carbons (Fsp3) is 0.471. The Morgan fingerprint density at radius 3 is 2.71 bits per heavy atom. The third-order valence-corrected chi connectivity index (χ3v) is 4.06. The first kappa shape index (κ1) is 16.2. The molecule has 2 rings (SSSR count). The molecule has 0 radical (unpaired) electrons. The van der Waals surface area contributed by atoms with Crippen LogP contribution in [0.3, 0.4) is 0 Å². The number of nitrogens with zero attached hydrogens (tertiary/aromatic N) is 2. The van der Waals surface area contributed by atoms with Crippen molar-refractivity contribution < 1.29 is 0 Å². The van der Waals surface area contributed by atoms with Crippen LogP contribution in [0.15, 0.2) is 28.9 Å². The number of aryl methyl sites for hydroxylation is 1. The van der Waals surface area contributed by atoms with Crippen molar-refractivity contribution in [2.45, 2.75) is 46.6 Å². The molecule has 1 heterocycles. The maximum Gasteiger partial charge on any atom is 0.0678 e. The summed E-state index contributed by atoms with van der Waals surface area (Å²) in [5, 5.41) is 8.11. The molecule has 0 spiro atoms. The van der Waals surface area contributed by atoms with Gasteiger partial charge in [-0.25, -0.2) is 4.68 Å². The predicted octanol–water partition coefficient (Wildman–Crippen LogP) is 4.57. The van der Waals surface area contributed by atoms with Gasteiger partial charge in [0.1, 0.15) is 0 Å². The predicted molar refractivity (Wildman–Crippen MR) is 92.1 cm³/mol. The summed E-state index contributed by atoms with van der Waals surface area (Å²) in [7, 11) is 0. The normalized spacial score (nSPS) is 11.3. The smallest absolute Gasteiger partial charge is 0.0678 e. The maximum atomic E-state index is 4.64. The highest BCUT2D eigenvalue weighted by molar-refractivity contribution is 9.10. The summed E-state index contributed by atoms with van der Waals surface area (Å²) in [6, 6.07) is 6.33. The minimum atomic E-state index is 0.439. The second-order valence-corrected chi connectivity index (χ2v) is 6.64. The molecule has 0 atom stereocenters. The van der Waals surface area contributed by atoms with Gasteiger partial charge in [-0.1, -0.05) is 36.7 Å². The number of halogens is 1. The SMILES string of the molecule is CCCNCc1cnn(-c2ccc(Br)cc2C)c1C(C)C. The van der Waals surface area contributed by atoms with Crippen molar-refractivity contribution >= 4 is 15.9 Å². The molecule has 0 saturated heterocycles. The largest absolute Gasteiger partial charge is 0.313 e. The van der Waals surface area contributed by atoms with E-state index < -0.39 is 0 Å². The van der Waals surface area contributed by atoms with Crippen LogP contribution in [0.4, 0.5) is 0 Å². The van der Waals surface area contributed by atoms with Crippen molar-refractivity contribution in [3.05, 3.63) is 45.7 Å². The average Bonchev–Trinajstić information content (AvgIpc) is 2.83. The Labute approximate surface area is 135 Å². The summed E-state index contributed by atoms with van der Waals surface area (Å²) in [6.45, 7) is 10.7. The molecule has 0 aliphatic carbocycles. The van der Waals surface area contributed by atoms with Gasteiger partial charge in [0.05, 0.1) is 17.6 Å². The van der Waals surface area contributed by atoms with E-state index in [-0.39, 0.29) is 0 Å².